The van der Waals surface area contributed by atoms with Crippen molar-refractivity contribution in [3.8, 4) is 29.4 Å². The Balaban J connectivity index is 1.51. The Morgan fingerprint density at radius 2 is 1.72 bits per heavy atom. The lowest BCUT2D eigenvalue weighted by Crippen LogP contribution is -2.46. The number of nitrogens with zero attached hydrogens (tertiary/aromatic N) is 5. The lowest BCUT2D eigenvalue weighted by atomic mass is 9.97. The lowest BCUT2D eigenvalue weighted by molar-refractivity contribution is 0.0667. The van der Waals surface area contributed by atoms with E-state index in [9.17, 15) is 14.7 Å². The average molecular weight is 480 g/mol. The summed E-state index contributed by atoms with van der Waals surface area (Å²) in [6.07, 6.45) is 7.47. The Kier molecular flexibility index (Phi) is 5.38. The molecule has 3 heterocycles. The molecular formula is C28H25N5O3. The third-order valence-corrected chi connectivity index (χ3v) is 6.79. The minimum Gasteiger partial charge on any atom is -0.502 e. The second kappa shape index (κ2) is 8.73. The monoisotopic (exact) mass is 479 g/mol. The Morgan fingerprint density at radius 1 is 1.03 bits per heavy atom. The molecule has 2 aliphatic carbocycles. The normalized spacial score (nSPS) is 19.5. The van der Waals surface area contributed by atoms with Crippen molar-refractivity contribution in [1.82, 2.24) is 24.5 Å². The molecule has 1 amide bonds. The van der Waals surface area contributed by atoms with Crippen LogP contribution in [0.1, 0.15) is 65.1 Å². The average Bonchev–Trinajstić information content (AvgIpc) is 3.82. The van der Waals surface area contributed by atoms with Gasteiger partial charge in [0.1, 0.15) is 6.04 Å². The van der Waals surface area contributed by atoms with E-state index in [2.05, 4.69) is 28.8 Å². The number of hydrogen-bond donors (Lipinski definition) is 1. The van der Waals surface area contributed by atoms with Gasteiger partial charge in [0.15, 0.2) is 17.1 Å². The van der Waals surface area contributed by atoms with Crippen LogP contribution < -0.4 is 5.43 Å². The molecule has 36 heavy (non-hydrogen) atoms. The summed E-state index contributed by atoms with van der Waals surface area (Å²) < 4.78 is 3.31. The minimum atomic E-state index is -0.686. The van der Waals surface area contributed by atoms with Crippen LogP contribution in [0.15, 0.2) is 47.5 Å². The van der Waals surface area contributed by atoms with Gasteiger partial charge in [-0.2, -0.15) is 10.2 Å². The number of benzene rings is 1. The molecule has 8 heteroatoms. The second-order valence-electron chi connectivity index (χ2n) is 9.72. The fourth-order valence-electron chi connectivity index (χ4n) is 4.49. The van der Waals surface area contributed by atoms with E-state index >= 15 is 0 Å². The number of aromatic hydroxyl groups is 1. The molecule has 0 bridgehead atoms. The Labute approximate surface area is 208 Å². The zero-order valence-electron chi connectivity index (χ0n) is 19.9. The first-order valence-corrected chi connectivity index (χ1v) is 12.2. The van der Waals surface area contributed by atoms with E-state index in [-0.39, 0.29) is 5.69 Å². The van der Waals surface area contributed by atoms with Crippen molar-refractivity contribution in [1.29, 1.82) is 0 Å². The zero-order valence-corrected chi connectivity index (χ0v) is 19.9. The molecule has 3 aliphatic rings. The molecule has 1 aliphatic heterocycles. The van der Waals surface area contributed by atoms with Gasteiger partial charge in [0, 0.05) is 31.6 Å². The van der Waals surface area contributed by atoms with Gasteiger partial charge < -0.3 is 10.0 Å². The molecule has 0 radical (unpaired) electrons. The van der Waals surface area contributed by atoms with Gasteiger partial charge >= 0.3 is 0 Å². The quantitative estimate of drug-likeness (QED) is 0.583. The Bertz CT molecular complexity index is 1480. The van der Waals surface area contributed by atoms with E-state index < -0.39 is 29.2 Å². The van der Waals surface area contributed by atoms with E-state index in [1.54, 1.807) is 7.05 Å². The van der Waals surface area contributed by atoms with Gasteiger partial charge in [-0.1, -0.05) is 48.1 Å². The van der Waals surface area contributed by atoms with Crippen LogP contribution >= 0.6 is 0 Å². The number of carbonyl (C=O) groups is 1. The molecule has 0 unspecified atom stereocenters. The molecule has 2 atom stereocenters. The standard InChI is InChI=1S/C28H25N5O3/c1-31-17-23(33-26(28(31)36)27(35)24(34)15-29-33)25(20-5-3-2-4-6-20)32-16-21(13-11-18-7-8-18)22(30-32)14-12-19-9-10-19/h2-6,15-16,18-19,23,25,35H,7-10,17H2,1H3/t23-,25-/m1/s1. The molecule has 1 N–H and O–H groups in total. The van der Waals surface area contributed by atoms with Crippen molar-refractivity contribution < 1.29 is 9.90 Å². The molecule has 2 fully saturated rings. The van der Waals surface area contributed by atoms with Crippen LogP contribution in [-0.2, 0) is 0 Å². The van der Waals surface area contributed by atoms with Crippen molar-refractivity contribution in [2.24, 2.45) is 11.8 Å². The van der Waals surface area contributed by atoms with Crippen molar-refractivity contribution >= 4 is 5.91 Å². The molecule has 8 nitrogen and oxygen atoms in total. The molecule has 0 spiro atoms. The first-order chi connectivity index (χ1) is 17.5. The fourth-order valence-corrected chi connectivity index (χ4v) is 4.49. The first-order valence-electron chi connectivity index (χ1n) is 12.2. The number of aromatic nitrogens is 4. The van der Waals surface area contributed by atoms with Gasteiger partial charge in [-0.15, -0.1) is 0 Å². The van der Waals surface area contributed by atoms with E-state index in [1.807, 2.05) is 41.2 Å². The topological polar surface area (TPSA) is 93.2 Å². The molecule has 2 aromatic heterocycles. The van der Waals surface area contributed by atoms with Crippen molar-refractivity contribution in [2.75, 3.05) is 13.6 Å². The van der Waals surface area contributed by atoms with Crippen LogP contribution in [0, 0.1) is 35.5 Å². The minimum absolute atomic E-state index is 0.114. The number of carbonyl (C=O) groups excluding carboxylic acids is 1. The van der Waals surface area contributed by atoms with Crippen LogP contribution in [0.25, 0.3) is 0 Å². The highest BCUT2D eigenvalue weighted by atomic mass is 16.3. The maximum Gasteiger partial charge on any atom is 0.275 e. The van der Waals surface area contributed by atoms with Crippen LogP contribution in [0.4, 0.5) is 0 Å². The summed E-state index contributed by atoms with van der Waals surface area (Å²) in [6.45, 7) is 0.312. The van der Waals surface area contributed by atoms with Crippen LogP contribution in [-0.4, -0.2) is 49.1 Å². The predicted molar refractivity (Wildman–Crippen MR) is 132 cm³/mol. The summed E-state index contributed by atoms with van der Waals surface area (Å²) in [6, 6.07) is 8.99. The Morgan fingerprint density at radius 3 is 2.42 bits per heavy atom. The zero-order chi connectivity index (χ0) is 24.8. The van der Waals surface area contributed by atoms with Gasteiger partial charge in [-0.05, 0) is 37.2 Å². The van der Waals surface area contributed by atoms with Gasteiger partial charge in [0.05, 0.1) is 17.8 Å². The first kappa shape index (κ1) is 22.2. The molecule has 1 aromatic carbocycles. The summed E-state index contributed by atoms with van der Waals surface area (Å²) in [5.74, 6) is 13.0. The Hall–Kier alpha value is -4.30. The molecule has 6 rings (SSSR count). The summed E-state index contributed by atoms with van der Waals surface area (Å²) in [5.41, 5.74) is 1.58. The fraction of sp³-hybridized carbons (Fsp3) is 0.357. The number of hydrogen-bond acceptors (Lipinski definition) is 5. The predicted octanol–water partition coefficient (Wildman–Crippen LogP) is 2.58. The smallest absolute Gasteiger partial charge is 0.275 e. The number of rotatable bonds is 3. The molecule has 180 valence electrons. The van der Waals surface area contributed by atoms with Gasteiger partial charge in [0.2, 0.25) is 5.43 Å². The SMILES string of the molecule is CN1C[C@H]([C@@H](c2ccccc2)n2cc(C#CC3CC3)c(C#CC3CC3)n2)n2ncc(=O)c(O)c2C1=O. The van der Waals surface area contributed by atoms with E-state index in [1.165, 1.54) is 9.58 Å². The molecular weight excluding hydrogens is 454 g/mol. The molecule has 2 saturated carbocycles. The summed E-state index contributed by atoms with van der Waals surface area (Å²) >= 11 is 0. The van der Waals surface area contributed by atoms with Gasteiger partial charge in [-0.3, -0.25) is 14.3 Å². The lowest BCUT2D eigenvalue weighted by Gasteiger charge is -2.37. The van der Waals surface area contributed by atoms with Crippen molar-refractivity contribution in [3.05, 3.63) is 75.5 Å². The van der Waals surface area contributed by atoms with E-state index in [0.29, 0.717) is 24.1 Å². The summed E-state index contributed by atoms with van der Waals surface area (Å²) in [4.78, 5) is 26.5. The maximum atomic E-state index is 12.9. The van der Waals surface area contributed by atoms with Gasteiger partial charge in [-0.25, -0.2) is 4.68 Å². The van der Waals surface area contributed by atoms with Gasteiger partial charge in [0.25, 0.3) is 5.91 Å². The number of amides is 1. The molecule has 0 saturated heterocycles. The second-order valence-corrected chi connectivity index (χ2v) is 9.72. The number of likely N-dealkylation sites (N-methyl/N-ethyl adjacent to an activating group) is 1. The highest BCUT2D eigenvalue weighted by Gasteiger charge is 2.39. The summed E-state index contributed by atoms with van der Waals surface area (Å²) in [5, 5.41) is 19.7. The third-order valence-electron chi connectivity index (χ3n) is 6.79. The van der Waals surface area contributed by atoms with Crippen LogP contribution in [0.5, 0.6) is 5.75 Å². The van der Waals surface area contributed by atoms with E-state index in [0.717, 1.165) is 43.0 Å². The highest BCUT2D eigenvalue weighted by molar-refractivity contribution is 5.95. The summed E-state index contributed by atoms with van der Waals surface area (Å²) in [7, 11) is 1.65. The molecule has 3 aromatic rings. The van der Waals surface area contributed by atoms with Crippen molar-refractivity contribution in [3.63, 3.8) is 0 Å². The maximum absolute atomic E-state index is 12.9. The largest absolute Gasteiger partial charge is 0.502 e. The van der Waals surface area contributed by atoms with E-state index in [4.69, 9.17) is 5.10 Å². The van der Waals surface area contributed by atoms with Crippen LogP contribution in [0.2, 0.25) is 0 Å². The van der Waals surface area contributed by atoms with Crippen LogP contribution in [0.3, 0.4) is 0 Å². The van der Waals surface area contributed by atoms with Crippen molar-refractivity contribution in [2.45, 2.75) is 37.8 Å². The highest BCUT2D eigenvalue weighted by Crippen LogP contribution is 2.36. The number of fused-ring (bicyclic) bond motifs is 1. The third kappa shape index (κ3) is 4.16.